The Morgan fingerprint density at radius 3 is 2.42 bits per heavy atom. The molecule has 19 heavy (non-hydrogen) atoms. The van der Waals surface area contributed by atoms with Gasteiger partial charge in [0.2, 0.25) is 0 Å². The van der Waals surface area contributed by atoms with Gasteiger partial charge in [-0.15, -0.1) is 0 Å². The van der Waals surface area contributed by atoms with Crippen LogP contribution in [0.5, 0.6) is 0 Å². The molecule has 0 aromatic heterocycles. The van der Waals surface area contributed by atoms with Crippen molar-refractivity contribution < 1.29 is 4.74 Å². The Bertz CT molecular complexity index is 209. The molecule has 0 bridgehead atoms. The van der Waals surface area contributed by atoms with E-state index in [0.29, 0.717) is 0 Å². The molecule has 1 fully saturated rings. The van der Waals surface area contributed by atoms with Crippen LogP contribution in [0.3, 0.4) is 0 Å². The van der Waals surface area contributed by atoms with E-state index in [4.69, 9.17) is 4.74 Å². The average molecular weight is 269 g/mol. The summed E-state index contributed by atoms with van der Waals surface area (Å²) in [4.78, 5) is 0. The smallest absolute Gasteiger partial charge is 0.0806 e. The normalized spacial score (nSPS) is 27.6. The van der Waals surface area contributed by atoms with Crippen LogP contribution >= 0.6 is 0 Å². The molecule has 0 aromatic rings. The lowest BCUT2D eigenvalue weighted by molar-refractivity contribution is -0.0762. The van der Waals surface area contributed by atoms with Gasteiger partial charge in [0.15, 0.2) is 0 Å². The lowest BCUT2D eigenvalue weighted by Crippen LogP contribution is -2.46. The number of unbranched alkanes of at least 4 members (excludes halogenated alkanes) is 3. The van der Waals surface area contributed by atoms with E-state index < -0.39 is 0 Å². The van der Waals surface area contributed by atoms with Gasteiger partial charge in [-0.1, -0.05) is 40.0 Å². The van der Waals surface area contributed by atoms with Crippen LogP contribution in [0.15, 0.2) is 0 Å². The third-order valence-corrected chi connectivity index (χ3v) is 4.47. The van der Waals surface area contributed by atoms with E-state index in [2.05, 4.69) is 26.1 Å². The number of hydrogen-bond acceptors (Lipinski definition) is 2. The molecule has 2 heteroatoms. The molecule has 0 spiro atoms. The van der Waals surface area contributed by atoms with Crippen LogP contribution in [0.2, 0.25) is 0 Å². The summed E-state index contributed by atoms with van der Waals surface area (Å²) in [5.41, 5.74) is 0.147. The molecule has 0 saturated heterocycles. The van der Waals surface area contributed by atoms with Crippen LogP contribution in [-0.4, -0.2) is 25.3 Å². The summed E-state index contributed by atoms with van der Waals surface area (Å²) in [6.07, 6.45) is 11.6. The molecule has 0 aromatic carbocycles. The molecule has 1 N–H and O–H groups in total. The van der Waals surface area contributed by atoms with Gasteiger partial charge in [0.1, 0.15) is 0 Å². The predicted molar refractivity (Wildman–Crippen MR) is 83.6 cm³/mol. The quantitative estimate of drug-likeness (QED) is 0.588. The molecule has 1 rings (SSSR count). The Kier molecular flexibility index (Phi) is 8.72. The summed E-state index contributed by atoms with van der Waals surface area (Å²) in [6.45, 7) is 10.0. The first kappa shape index (κ1) is 17.0. The maximum absolute atomic E-state index is 6.35. The maximum Gasteiger partial charge on any atom is 0.0806 e. The first-order valence-electron chi connectivity index (χ1n) is 8.57. The monoisotopic (exact) mass is 269 g/mol. The maximum atomic E-state index is 6.35. The first-order chi connectivity index (χ1) is 9.22. The van der Waals surface area contributed by atoms with Crippen LogP contribution in [0.4, 0.5) is 0 Å². The zero-order valence-electron chi connectivity index (χ0n) is 13.5. The summed E-state index contributed by atoms with van der Waals surface area (Å²) in [7, 11) is 0. The molecule has 0 unspecified atom stereocenters. The van der Waals surface area contributed by atoms with Crippen molar-refractivity contribution in [3.8, 4) is 0 Å². The molecule has 0 aliphatic heterocycles. The fourth-order valence-electron chi connectivity index (χ4n) is 2.97. The highest BCUT2D eigenvalue weighted by Gasteiger charge is 2.34. The van der Waals surface area contributed by atoms with Gasteiger partial charge in [0, 0.05) is 13.2 Å². The van der Waals surface area contributed by atoms with Gasteiger partial charge >= 0.3 is 0 Å². The second-order valence-corrected chi connectivity index (χ2v) is 6.45. The summed E-state index contributed by atoms with van der Waals surface area (Å²) < 4.78 is 6.35. The zero-order valence-corrected chi connectivity index (χ0v) is 13.5. The molecule has 0 radical (unpaired) electrons. The van der Waals surface area contributed by atoms with Crippen LogP contribution in [-0.2, 0) is 4.74 Å². The predicted octanol–water partition coefficient (Wildman–Crippen LogP) is 4.53. The minimum absolute atomic E-state index is 0.147. The molecule has 1 aliphatic rings. The van der Waals surface area contributed by atoms with Gasteiger partial charge in [-0.25, -0.2) is 0 Å². The minimum atomic E-state index is 0.147. The number of hydrogen-bond donors (Lipinski definition) is 1. The highest BCUT2D eigenvalue weighted by Crippen LogP contribution is 2.34. The highest BCUT2D eigenvalue weighted by molar-refractivity contribution is 4.88. The standard InChI is InChI=1S/C17H35NO/c1-4-6-7-8-14-19-17(15-18-13-5-2)11-9-16(3)10-12-17/h16,18H,4-15H2,1-3H3. The van der Waals surface area contributed by atoms with E-state index in [1.165, 1.54) is 57.8 Å². The molecule has 1 saturated carbocycles. The molecular weight excluding hydrogens is 234 g/mol. The SMILES string of the molecule is CCCCCCOC1(CNCCC)CCC(C)CC1. The molecule has 2 nitrogen and oxygen atoms in total. The van der Waals surface area contributed by atoms with E-state index in [1.807, 2.05) is 0 Å². The number of ether oxygens (including phenoxy) is 1. The molecule has 114 valence electrons. The van der Waals surface area contributed by atoms with E-state index in [9.17, 15) is 0 Å². The zero-order chi connectivity index (χ0) is 14.0. The van der Waals surface area contributed by atoms with Crippen molar-refractivity contribution in [2.45, 2.75) is 84.2 Å². The molecule has 0 amide bonds. The fraction of sp³-hybridized carbons (Fsp3) is 1.00. The molecular formula is C17H35NO. The second-order valence-electron chi connectivity index (χ2n) is 6.45. The van der Waals surface area contributed by atoms with Crippen molar-refractivity contribution in [3.05, 3.63) is 0 Å². The minimum Gasteiger partial charge on any atom is -0.374 e. The van der Waals surface area contributed by atoms with Gasteiger partial charge in [-0.2, -0.15) is 0 Å². The van der Waals surface area contributed by atoms with Crippen LogP contribution in [0.1, 0.15) is 78.6 Å². The Labute approximate surface area is 120 Å². The Morgan fingerprint density at radius 1 is 1.05 bits per heavy atom. The summed E-state index contributed by atoms with van der Waals surface area (Å²) in [5.74, 6) is 0.892. The highest BCUT2D eigenvalue weighted by atomic mass is 16.5. The Balaban J connectivity index is 2.31. The number of rotatable bonds is 10. The average Bonchev–Trinajstić information content (AvgIpc) is 2.42. The van der Waals surface area contributed by atoms with Crippen LogP contribution in [0.25, 0.3) is 0 Å². The summed E-state index contributed by atoms with van der Waals surface area (Å²) in [5, 5.41) is 3.59. The molecule has 1 aliphatic carbocycles. The van der Waals surface area contributed by atoms with E-state index in [-0.39, 0.29) is 5.60 Å². The lowest BCUT2D eigenvalue weighted by Gasteiger charge is -2.39. The van der Waals surface area contributed by atoms with Crippen molar-refractivity contribution in [3.63, 3.8) is 0 Å². The largest absolute Gasteiger partial charge is 0.374 e. The number of nitrogens with one attached hydrogen (secondary N) is 1. The van der Waals surface area contributed by atoms with Crippen LogP contribution < -0.4 is 5.32 Å². The Morgan fingerprint density at radius 2 is 1.79 bits per heavy atom. The van der Waals surface area contributed by atoms with E-state index in [0.717, 1.165) is 25.6 Å². The topological polar surface area (TPSA) is 21.3 Å². The first-order valence-corrected chi connectivity index (χ1v) is 8.57. The molecule has 0 atom stereocenters. The van der Waals surface area contributed by atoms with Crippen molar-refractivity contribution in [1.82, 2.24) is 5.32 Å². The van der Waals surface area contributed by atoms with Gasteiger partial charge in [0.05, 0.1) is 5.60 Å². The van der Waals surface area contributed by atoms with E-state index in [1.54, 1.807) is 0 Å². The third-order valence-electron chi connectivity index (χ3n) is 4.47. The summed E-state index contributed by atoms with van der Waals surface area (Å²) >= 11 is 0. The lowest BCUT2D eigenvalue weighted by atomic mass is 9.79. The third kappa shape index (κ3) is 6.76. The summed E-state index contributed by atoms with van der Waals surface area (Å²) in [6, 6.07) is 0. The molecule has 0 heterocycles. The van der Waals surface area contributed by atoms with Crippen molar-refractivity contribution >= 4 is 0 Å². The van der Waals surface area contributed by atoms with Crippen LogP contribution in [0, 0.1) is 5.92 Å². The van der Waals surface area contributed by atoms with Crippen molar-refractivity contribution in [1.29, 1.82) is 0 Å². The van der Waals surface area contributed by atoms with Gasteiger partial charge in [0.25, 0.3) is 0 Å². The van der Waals surface area contributed by atoms with Gasteiger partial charge < -0.3 is 10.1 Å². The van der Waals surface area contributed by atoms with Crippen molar-refractivity contribution in [2.24, 2.45) is 5.92 Å². The fourth-order valence-corrected chi connectivity index (χ4v) is 2.97. The Hall–Kier alpha value is -0.0800. The second kappa shape index (κ2) is 9.77. The van der Waals surface area contributed by atoms with Crippen molar-refractivity contribution in [2.75, 3.05) is 19.7 Å². The van der Waals surface area contributed by atoms with E-state index >= 15 is 0 Å². The van der Waals surface area contributed by atoms with Gasteiger partial charge in [-0.05, 0) is 51.0 Å². The van der Waals surface area contributed by atoms with Gasteiger partial charge in [-0.3, -0.25) is 0 Å².